The highest BCUT2D eigenvalue weighted by Gasteiger charge is 2.24. The molecular formula is C47H32N2O. The SMILES string of the molecule is C1=C(c2ccccc2)N=C(c2ccccc2)CC1c1cccc2oc3cc(-n4c5ccccc5c5cc(-c6ccccc6)ccc54)ccc3c12. The normalized spacial score (nSPS) is 14.8. The summed E-state index contributed by atoms with van der Waals surface area (Å²) < 4.78 is 9.05. The number of aliphatic imine (C=N–C) groups is 1. The lowest BCUT2D eigenvalue weighted by molar-refractivity contribution is 0.668. The highest BCUT2D eigenvalue weighted by Crippen LogP contribution is 2.42. The van der Waals surface area contributed by atoms with Crippen LogP contribution in [-0.4, -0.2) is 10.3 Å². The van der Waals surface area contributed by atoms with Gasteiger partial charge in [-0.3, -0.25) is 4.99 Å². The molecule has 0 saturated heterocycles. The summed E-state index contributed by atoms with van der Waals surface area (Å²) in [7, 11) is 0. The Bertz CT molecular complexity index is 2770. The molecule has 3 nitrogen and oxygen atoms in total. The van der Waals surface area contributed by atoms with Gasteiger partial charge in [0.05, 0.1) is 16.7 Å². The van der Waals surface area contributed by atoms with E-state index in [2.05, 4.69) is 181 Å². The number of allylic oxidation sites excluding steroid dienone is 1. The van der Waals surface area contributed by atoms with E-state index >= 15 is 0 Å². The Hall–Kier alpha value is -6.45. The van der Waals surface area contributed by atoms with Crippen molar-refractivity contribution < 1.29 is 4.42 Å². The molecule has 1 unspecified atom stereocenters. The highest BCUT2D eigenvalue weighted by molar-refractivity contribution is 6.12. The summed E-state index contributed by atoms with van der Waals surface area (Å²) in [6.45, 7) is 0. The summed E-state index contributed by atoms with van der Waals surface area (Å²) in [6.07, 6.45) is 3.15. The second-order valence-electron chi connectivity index (χ2n) is 13.1. The molecular weight excluding hydrogens is 609 g/mol. The number of hydrogen-bond acceptors (Lipinski definition) is 2. The Labute approximate surface area is 290 Å². The summed E-state index contributed by atoms with van der Waals surface area (Å²) >= 11 is 0. The zero-order chi connectivity index (χ0) is 33.0. The average Bonchev–Trinajstić information content (AvgIpc) is 3.74. The van der Waals surface area contributed by atoms with Crippen LogP contribution in [0, 0.1) is 0 Å². The predicted octanol–water partition coefficient (Wildman–Crippen LogP) is 12.4. The van der Waals surface area contributed by atoms with Gasteiger partial charge in [-0.25, -0.2) is 0 Å². The minimum absolute atomic E-state index is 0.137. The lowest BCUT2D eigenvalue weighted by Gasteiger charge is -2.22. The molecule has 10 rings (SSSR count). The smallest absolute Gasteiger partial charge is 0.137 e. The van der Waals surface area contributed by atoms with Crippen LogP contribution in [0.5, 0.6) is 0 Å². The van der Waals surface area contributed by atoms with Crippen LogP contribution in [0.1, 0.15) is 29.0 Å². The number of para-hydroxylation sites is 1. The predicted molar refractivity (Wildman–Crippen MR) is 208 cm³/mol. The lowest BCUT2D eigenvalue weighted by Crippen LogP contribution is -2.12. The van der Waals surface area contributed by atoms with E-state index in [1.165, 1.54) is 43.9 Å². The van der Waals surface area contributed by atoms with Crippen molar-refractivity contribution in [1.82, 2.24) is 4.57 Å². The van der Waals surface area contributed by atoms with Crippen LogP contribution in [0.15, 0.2) is 185 Å². The summed E-state index contributed by atoms with van der Waals surface area (Å²) in [5.74, 6) is 0.137. The quantitative estimate of drug-likeness (QED) is 0.184. The monoisotopic (exact) mass is 640 g/mol. The number of furan rings is 1. The van der Waals surface area contributed by atoms with Crippen LogP contribution < -0.4 is 0 Å². The van der Waals surface area contributed by atoms with Gasteiger partial charge in [-0.2, -0.15) is 0 Å². The largest absolute Gasteiger partial charge is 0.456 e. The topological polar surface area (TPSA) is 30.4 Å². The van der Waals surface area contributed by atoms with E-state index in [1.54, 1.807) is 0 Å². The standard InChI is InChI=1S/C47H32N2O/c1-4-13-31(14-5-1)34-23-26-44-40(27-34)38-19-10-11-21-43(38)49(44)36-24-25-39-46(30-36)50-45-22-12-20-37(47(39)45)35-28-41(32-15-6-2-7-16-32)48-42(29-35)33-17-8-3-9-18-33/h1-28,30,35H,29H2. The Morgan fingerprint density at radius 2 is 1.20 bits per heavy atom. The van der Waals surface area contributed by atoms with Crippen LogP contribution >= 0.6 is 0 Å². The highest BCUT2D eigenvalue weighted by atomic mass is 16.3. The number of fused-ring (bicyclic) bond motifs is 6. The molecule has 9 aromatic rings. The minimum Gasteiger partial charge on any atom is -0.456 e. The van der Waals surface area contributed by atoms with E-state index < -0.39 is 0 Å². The molecule has 0 amide bonds. The summed E-state index contributed by atoms with van der Waals surface area (Å²) in [5, 5.41) is 4.78. The maximum absolute atomic E-state index is 6.68. The second-order valence-corrected chi connectivity index (χ2v) is 13.1. The van der Waals surface area contributed by atoms with Gasteiger partial charge in [-0.1, -0.05) is 133 Å². The molecule has 236 valence electrons. The molecule has 50 heavy (non-hydrogen) atoms. The van der Waals surface area contributed by atoms with Crippen LogP contribution in [0.3, 0.4) is 0 Å². The van der Waals surface area contributed by atoms with Crippen LogP contribution in [0.25, 0.3) is 66.3 Å². The first-order valence-corrected chi connectivity index (χ1v) is 17.2. The molecule has 1 aliphatic heterocycles. The Kier molecular flexibility index (Phi) is 6.63. The van der Waals surface area contributed by atoms with Crippen molar-refractivity contribution >= 4 is 55.2 Å². The molecule has 0 N–H and O–H groups in total. The van der Waals surface area contributed by atoms with Crippen LogP contribution in [0.2, 0.25) is 0 Å². The van der Waals surface area contributed by atoms with E-state index in [0.717, 1.165) is 51.2 Å². The average molecular weight is 641 g/mol. The Balaban J connectivity index is 1.12. The van der Waals surface area contributed by atoms with Gasteiger partial charge < -0.3 is 8.98 Å². The minimum atomic E-state index is 0.137. The maximum atomic E-state index is 6.68. The Morgan fingerprint density at radius 3 is 2.00 bits per heavy atom. The fraction of sp³-hybridized carbons (Fsp3) is 0.0426. The summed E-state index contributed by atoms with van der Waals surface area (Å²) in [5.41, 5.74) is 13.3. The molecule has 0 bridgehead atoms. The first kappa shape index (κ1) is 28.6. The number of benzene rings is 7. The maximum Gasteiger partial charge on any atom is 0.137 e. The first-order valence-electron chi connectivity index (χ1n) is 17.2. The van der Waals surface area contributed by atoms with Crippen molar-refractivity contribution in [2.45, 2.75) is 12.3 Å². The van der Waals surface area contributed by atoms with Crippen molar-refractivity contribution in [2.24, 2.45) is 4.99 Å². The molecule has 1 aliphatic rings. The van der Waals surface area contributed by atoms with Gasteiger partial charge in [0.1, 0.15) is 11.2 Å². The van der Waals surface area contributed by atoms with Crippen LogP contribution in [-0.2, 0) is 0 Å². The van der Waals surface area contributed by atoms with Gasteiger partial charge in [0.25, 0.3) is 0 Å². The van der Waals surface area contributed by atoms with Crippen LogP contribution in [0.4, 0.5) is 0 Å². The third-order valence-electron chi connectivity index (χ3n) is 10.2. The molecule has 2 aromatic heterocycles. The zero-order valence-corrected chi connectivity index (χ0v) is 27.3. The van der Waals surface area contributed by atoms with E-state index in [9.17, 15) is 0 Å². The van der Waals surface area contributed by atoms with Crippen molar-refractivity contribution in [3.8, 4) is 16.8 Å². The fourth-order valence-electron chi connectivity index (χ4n) is 7.82. The van der Waals surface area contributed by atoms with Gasteiger partial charge in [0.15, 0.2) is 0 Å². The van der Waals surface area contributed by atoms with Crippen molar-refractivity contribution in [3.05, 3.63) is 193 Å². The molecule has 0 fully saturated rings. The van der Waals surface area contributed by atoms with E-state index in [0.29, 0.717) is 0 Å². The molecule has 3 heteroatoms. The van der Waals surface area contributed by atoms with Gasteiger partial charge in [0, 0.05) is 51.3 Å². The van der Waals surface area contributed by atoms with Crippen molar-refractivity contribution in [3.63, 3.8) is 0 Å². The van der Waals surface area contributed by atoms with Crippen molar-refractivity contribution in [2.75, 3.05) is 0 Å². The van der Waals surface area contributed by atoms with Gasteiger partial charge in [-0.05, 0) is 64.2 Å². The number of rotatable bonds is 5. The zero-order valence-electron chi connectivity index (χ0n) is 27.3. The number of nitrogens with zero attached hydrogens (tertiary/aromatic N) is 2. The van der Waals surface area contributed by atoms with Gasteiger partial charge >= 0.3 is 0 Å². The molecule has 1 atom stereocenters. The first-order chi connectivity index (χ1) is 24.8. The molecule has 7 aromatic carbocycles. The summed E-state index contributed by atoms with van der Waals surface area (Å²) in [6, 6.07) is 60.4. The molecule has 3 heterocycles. The fourth-order valence-corrected chi connectivity index (χ4v) is 7.82. The molecule has 0 aliphatic carbocycles. The molecule has 0 spiro atoms. The van der Waals surface area contributed by atoms with Gasteiger partial charge in [-0.15, -0.1) is 0 Å². The van der Waals surface area contributed by atoms with Gasteiger partial charge in [0.2, 0.25) is 0 Å². The third kappa shape index (κ3) is 4.70. The number of aromatic nitrogens is 1. The van der Waals surface area contributed by atoms with E-state index in [4.69, 9.17) is 9.41 Å². The summed E-state index contributed by atoms with van der Waals surface area (Å²) in [4.78, 5) is 5.19. The molecule has 0 saturated carbocycles. The van der Waals surface area contributed by atoms with E-state index in [-0.39, 0.29) is 5.92 Å². The van der Waals surface area contributed by atoms with E-state index in [1.807, 2.05) is 0 Å². The number of hydrogen-bond donors (Lipinski definition) is 0. The second kappa shape index (κ2) is 11.6. The molecule has 0 radical (unpaired) electrons. The Morgan fingerprint density at radius 1 is 0.500 bits per heavy atom. The van der Waals surface area contributed by atoms with Crippen molar-refractivity contribution in [1.29, 1.82) is 0 Å². The lowest BCUT2D eigenvalue weighted by atomic mass is 9.85. The third-order valence-corrected chi connectivity index (χ3v) is 10.2.